The lowest BCUT2D eigenvalue weighted by atomic mass is 9.90. The Morgan fingerprint density at radius 1 is 1.52 bits per heavy atom. The molecule has 3 rings (SSSR count). The summed E-state index contributed by atoms with van der Waals surface area (Å²) in [4.78, 5) is 17.4. The Kier molecular flexibility index (Phi) is 3.69. The number of hydrogen-bond donors (Lipinski definition) is 3. The number of H-pyrrole nitrogens is 1. The maximum absolute atomic E-state index is 11.6. The van der Waals surface area contributed by atoms with Gasteiger partial charge in [-0.25, -0.2) is 5.48 Å². The fourth-order valence-electron chi connectivity index (χ4n) is 3.24. The Bertz CT molecular complexity index is 677. The van der Waals surface area contributed by atoms with Crippen LogP contribution >= 0.6 is 0 Å². The molecule has 0 radical (unpaired) electrons. The average Bonchev–Trinajstić information content (AvgIpc) is 2.90. The van der Waals surface area contributed by atoms with Gasteiger partial charge in [0.15, 0.2) is 0 Å². The maximum Gasteiger partial charge on any atom is 0.274 e. The van der Waals surface area contributed by atoms with E-state index in [-0.39, 0.29) is 0 Å². The Morgan fingerprint density at radius 2 is 2.33 bits per heavy atom. The Morgan fingerprint density at radius 3 is 3.05 bits per heavy atom. The van der Waals surface area contributed by atoms with E-state index >= 15 is 0 Å². The van der Waals surface area contributed by atoms with E-state index in [1.807, 2.05) is 12.1 Å². The zero-order chi connectivity index (χ0) is 15.0. The maximum atomic E-state index is 11.6. The van der Waals surface area contributed by atoms with E-state index in [9.17, 15) is 4.79 Å². The van der Waals surface area contributed by atoms with Crippen LogP contribution in [0.2, 0.25) is 0 Å². The lowest BCUT2D eigenvalue weighted by Crippen LogP contribution is -2.36. The fraction of sp³-hybridized carbons (Fsp3) is 0.438. The van der Waals surface area contributed by atoms with Crippen molar-refractivity contribution < 1.29 is 10.0 Å². The van der Waals surface area contributed by atoms with Crippen molar-refractivity contribution in [2.45, 2.75) is 32.2 Å². The van der Waals surface area contributed by atoms with Gasteiger partial charge in [0.1, 0.15) is 0 Å². The van der Waals surface area contributed by atoms with Gasteiger partial charge in [0.05, 0.1) is 0 Å². The number of carbonyl (C=O) groups excluding carboxylic acids is 1. The van der Waals surface area contributed by atoms with Crippen molar-refractivity contribution >= 4 is 16.8 Å². The molecule has 0 spiro atoms. The van der Waals surface area contributed by atoms with E-state index in [0.29, 0.717) is 11.6 Å². The van der Waals surface area contributed by atoms with E-state index in [1.54, 1.807) is 11.5 Å². The summed E-state index contributed by atoms with van der Waals surface area (Å²) >= 11 is 0. The van der Waals surface area contributed by atoms with Gasteiger partial charge >= 0.3 is 0 Å². The van der Waals surface area contributed by atoms with Gasteiger partial charge in [0.2, 0.25) is 0 Å². The SMILES string of the molecule is CCN(C)C1CCc2[nH]c3ccc(C(=O)NO)cc3c2C1. The summed E-state index contributed by atoms with van der Waals surface area (Å²) in [5.74, 6) is -0.468. The van der Waals surface area contributed by atoms with Crippen molar-refractivity contribution in [2.75, 3.05) is 13.6 Å². The molecular formula is C16H21N3O2. The van der Waals surface area contributed by atoms with E-state index < -0.39 is 5.91 Å². The third-order valence-electron chi connectivity index (χ3n) is 4.65. The molecular weight excluding hydrogens is 266 g/mol. The van der Waals surface area contributed by atoms with Gasteiger partial charge in [-0.15, -0.1) is 0 Å². The number of aromatic nitrogens is 1. The molecule has 1 amide bonds. The molecule has 0 fully saturated rings. The van der Waals surface area contributed by atoms with Crippen LogP contribution in [0.4, 0.5) is 0 Å². The number of nitrogens with one attached hydrogen (secondary N) is 2. The molecule has 2 aromatic rings. The highest BCUT2D eigenvalue weighted by atomic mass is 16.5. The third kappa shape index (κ3) is 2.43. The molecule has 1 atom stereocenters. The van der Waals surface area contributed by atoms with Crippen molar-refractivity contribution in [1.82, 2.24) is 15.4 Å². The van der Waals surface area contributed by atoms with Gasteiger partial charge in [-0.2, -0.15) is 0 Å². The summed E-state index contributed by atoms with van der Waals surface area (Å²) < 4.78 is 0. The fourth-order valence-corrected chi connectivity index (χ4v) is 3.24. The average molecular weight is 287 g/mol. The van der Waals surface area contributed by atoms with Crippen LogP contribution in [0.15, 0.2) is 18.2 Å². The predicted molar refractivity (Wildman–Crippen MR) is 81.7 cm³/mol. The minimum absolute atomic E-state index is 0.468. The van der Waals surface area contributed by atoms with Crippen molar-refractivity contribution in [3.8, 4) is 0 Å². The molecule has 3 N–H and O–H groups in total. The summed E-state index contributed by atoms with van der Waals surface area (Å²) in [7, 11) is 2.16. The number of hydrogen-bond acceptors (Lipinski definition) is 3. The smallest absolute Gasteiger partial charge is 0.274 e. The number of fused-ring (bicyclic) bond motifs is 3. The molecule has 5 heteroatoms. The van der Waals surface area contributed by atoms with Crippen LogP contribution in [0.5, 0.6) is 0 Å². The van der Waals surface area contributed by atoms with Gasteiger partial charge in [0.25, 0.3) is 5.91 Å². The summed E-state index contributed by atoms with van der Waals surface area (Å²) in [5, 5.41) is 9.88. The second kappa shape index (κ2) is 5.50. The first-order valence-electron chi connectivity index (χ1n) is 7.42. The van der Waals surface area contributed by atoms with E-state index in [1.165, 1.54) is 11.3 Å². The summed E-state index contributed by atoms with van der Waals surface area (Å²) in [6.45, 7) is 3.22. The Hall–Kier alpha value is -1.85. The van der Waals surface area contributed by atoms with Crippen LogP contribution in [0, 0.1) is 0 Å². The molecule has 1 aliphatic carbocycles. The predicted octanol–water partition coefficient (Wildman–Crippen LogP) is 2.10. The number of nitrogens with zero attached hydrogens (tertiary/aromatic N) is 1. The first-order chi connectivity index (χ1) is 10.1. The lowest BCUT2D eigenvalue weighted by molar-refractivity contribution is 0.0706. The summed E-state index contributed by atoms with van der Waals surface area (Å²) in [6, 6.07) is 6.06. The molecule has 1 heterocycles. The first-order valence-corrected chi connectivity index (χ1v) is 7.42. The van der Waals surface area contributed by atoms with Crippen molar-refractivity contribution in [3.63, 3.8) is 0 Å². The number of rotatable bonds is 3. The van der Waals surface area contributed by atoms with Crippen LogP contribution in [-0.2, 0) is 12.8 Å². The van der Waals surface area contributed by atoms with Gasteiger partial charge in [-0.05, 0) is 56.6 Å². The van der Waals surface area contributed by atoms with E-state index in [0.717, 1.165) is 36.7 Å². The number of amides is 1. The number of benzene rings is 1. The molecule has 0 aliphatic heterocycles. The second-order valence-electron chi connectivity index (χ2n) is 5.75. The number of likely N-dealkylation sites (N-methyl/N-ethyl adjacent to an activating group) is 1. The molecule has 112 valence electrons. The zero-order valence-electron chi connectivity index (χ0n) is 12.4. The minimum Gasteiger partial charge on any atom is -0.358 e. The highest BCUT2D eigenvalue weighted by molar-refractivity contribution is 5.98. The van der Waals surface area contributed by atoms with Crippen molar-refractivity contribution in [2.24, 2.45) is 0 Å². The quantitative estimate of drug-likeness (QED) is 0.598. The van der Waals surface area contributed by atoms with Gasteiger partial charge in [0, 0.05) is 28.2 Å². The number of aromatic amines is 1. The Balaban J connectivity index is 2.02. The molecule has 1 aliphatic rings. The number of carbonyl (C=O) groups is 1. The number of hydroxylamine groups is 1. The molecule has 1 aromatic heterocycles. The first kappa shape index (κ1) is 14.1. The van der Waals surface area contributed by atoms with Gasteiger partial charge in [-0.1, -0.05) is 6.92 Å². The van der Waals surface area contributed by atoms with E-state index in [2.05, 4.69) is 23.9 Å². The minimum atomic E-state index is -0.468. The molecule has 1 aromatic carbocycles. The van der Waals surface area contributed by atoms with Crippen LogP contribution in [0.1, 0.15) is 35.0 Å². The normalized spacial score (nSPS) is 18.0. The monoisotopic (exact) mass is 287 g/mol. The molecule has 0 saturated carbocycles. The lowest BCUT2D eigenvalue weighted by Gasteiger charge is -2.30. The van der Waals surface area contributed by atoms with Crippen molar-refractivity contribution in [3.05, 3.63) is 35.0 Å². The topological polar surface area (TPSA) is 68.4 Å². The van der Waals surface area contributed by atoms with Gasteiger partial charge in [-0.3, -0.25) is 10.0 Å². The van der Waals surface area contributed by atoms with Crippen LogP contribution in [-0.4, -0.2) is 40.6 Å². The second-order valence-corrected chi connectivity index (χ2v) is 5.75. The number of aryl methyl sites for hydroxylation is 1. The molecule has 21 heavy (non-hydrogen) atoms. The van der Waals surface area contributed by atoms with Crippen molar-refractivity contribution in [1.29, 1.82) is 0 Å². The largest absolute Gasteiger partial charge is 0.358 e. The summed E-state index contributed by atoms with van der Waals surface area (Å²) in [6.07, 6.45) is 3.21. The van der Waals surface area contributed by atoms with Gasteiger partial charge < -0.3 is 9.88 Å². The van der Waals surface area contributed by atoms with E-state index in [4.69, 9.17) is 5.21 Å². The third-order valence-corrected chi connectivity index (χ3v) is 4.65. The highest BCUT2D eigenvalue weighted by Gasteiger charge is 2.24. The highest BCUT2D eigenvalue weighted by Crippen LogP contribution is 2.31. The molecule has 0 saturated heterocycles. The zero-order valence-corrected chi connectivity index (χ0v) is 12.4. The molecule has 5 nitrogen and oxygen atoms in total. The molecule has 1 unspecified atom stereocenters. The van der Waals surface area contributed by atoms with Crippen LogP contribution in [0.3, 0.4) is 0 Å². The molecule has 0 bridgehead atoms. The van der Waals surface area contributed by atoms with Crippen LogP contribution < -0.4 is 5.48 Å². The Labute approximate surface area is 123 Å². The summed E-state index contributed by atoms with van der Waals surface area (Å²) in [5.41, 5.74) is 5.84. The standard InChI is InChI=1S/C16H21N3O2/c1-3-19(2)11-5-7-15-13(9-11)12-8-10(16(20)18-21)4-6-14(12)17-15/h4,6,8,11,17,21H,3,5,7,9H2,1-2H3,(H,18,20). The van der Waals surface area contributed by atoms with Crippen LogP contribution in [0.25, 0.3) is 10.9 Å².